The van der Waals surface area contributed by atoms with Gasteiger partial charge in [0.15, 0.2) is 0 Å². The summed E-state index contributed by atoms with van der Waals surface area (Å²) in [6, 6.07) is 6.89. The molecule has 1 aromatic carbocycles. The number of aliphatic hydroxyl groups is 1. The van der Waals surface area contributed by atoms with E-state index >= 15 is 0 Å². The normalized spacial score (nSPS) is 9.29. The van der Waals surface area contributed by atoms with Crippen molar-refractivity contribution in [3.63, 3.8) is 0 Å². The van der Waals surface area contributed by atoms with E-state index in [9.17, 15) is 4.79 Å². The van der Waals surface area contributed by atoms with Crippen molar-refractivity contribution >= 4 is 17.1 Å². The van der Waals surface area contributed by atoms with Gasteiger partial charge in [0.2, 0.25) is 0 Å². The summed E-state index contributed by atoms with van der Waals surface area (Å²) < 4.78 is 0.843. The summed E-state index contributed by atoms with van der Waals surface area (Å²) in [6.45, 7) is 0. The van der Waals surface area contributed by atoms with E-state index in [0.717, 1.165) is 11.8 Å². The summed E-state index contributed by atoms with van der Waals surface area (Å²) in [7, 11) is 1.00. The van der Waals surface area contributed by atoms with Crippen molar-refractivity contribution < 1.29 is 15.0 Å². The Kier molecular flexibility index (Phi) is 3.14. The SMILES string of the molecule is CO.O=C(O)n1nnc2ccccc21. The molecule has 0 bridgehead atoms. The number of carbonyl (C=O) groups is 1. The lowest BCUT2D eigenvalue weighted by Crippen LogP contribution is -2.09. The molecule has 0 aliphatic carbocycles. The molecule has 14 heavy (non-hydrogen) atoms. The number of benzene rings is 1. The van der Waals surface area contributed by atoms with Crippen molar-refractivity contribution in [1.82, 2.24) is 15.0 Å². The second-order valence-corrected chi connectivity index (χ2v) is 2.27. The zero-order valence-corrected chi connectivity index (χ0v) is 7.45. The largest absolute Gasteiger partial charge is 0.463 e. The minimum absolute atomic E-state index is 0.505. The van der Waals surface area contributed by atoms with Gasteiger partial charge in [-0.1, -0.05) is 17.3 Å². The molecule has 2 N–H and O–H groups in total. The monoisotopic (exact) mass is 195 g/mol. The van der Waals surface area contributed by atoms with Gasteiger partial charge in [-0.05, 0) is 12.1 Å². The number of carboxylic acid groups (broad SMARTS) is 1. The molecule has 0 spiro atoms. The smallest absolute Gasteiger partial charge is 0.434 e. The van der Waals surface area contributed by atoms with Crippen molar-refractivity contribution in [2.24, 2.45) is 0 Å². The van der Waals surface area contributed by atoms with E-state index in [2.05, 4.69) is 10.3 Å². The third kappa shape index (κ3) is 1.69. The average molecular weight is 195 g/mol. The second-order valence-electron chi connectivity index (χ2n) is 2.27. The van der Waals surface area contributed by atoms with Gasteiger partial charge in [0.1, 0.15) is 11.0 Å². The fourth-order valence-corrected chi connectivity index (χ4v) is 1.01. The Bertz CT molecular complexity index is 438. The average Bonchev–Trinajstić information content (AvgIpc) is 2.64. The van der Waals surface area contributed by atoms with Gasteiger partial charge in [-0.3, -0.25) is 0 Å². The van der Waals surface area contributed by atoms with Crippen molar-refractivity contribution in [2.75, 3.05) is 7.11 Å². The minimum atomic E-state index is -1.12. The lowest BCUT2D eigenvalue weighted by molar-refractivity contribution is 0.193. The maximum atomic E-state index is 10.5. The Morgan fingerprint density at radius 2 is 2.00 bits per heavy atom. The van der Waals surface area contributed by atoms with Crippen molar-refractivity contribution in [3.8, 4) is 0 Å². The van der Waals surface area contributed by atoms with Crippen LogP contribution in [-0.2, 0) is 0 Å². The van der Waals surface area contributed by atoms with E-state index in [1.54, 1.807) is 24.3 Å². The molecule has 2 rings (SSSR count). The van der Waals surface area contributed by atoms with Crippen LogP contribution in [-0.4, -0.2) is 38.4 Å². The first kappa shape index (κ1) is 10.1. The molecule has 0 radical (unpaired) electrons. The topological polar surface area (TPSA) is 88.2 Å². The van der Waals surface area contributed by atoms with Crippen molar-refractivity contribution in [1.29, 1.82) is 0 Å². The molecule has 1 heterocycles. The van der Waals surface area contributed by atoms with E-state index in [1.807, 2.05) is 0 Å². The number of aromatic nitrogens is 3. The first-order valence-corrected chi connectivity index (χ1v) is 3.77. The molecule has 0 aliphatic rings. The van der Waals surface area contributed by atoms with Crippen LogP contribution in [0.25, 0.3) is 11.0 Å². The molecule has 0 saturated carbocycles. The number of rotatable bonds is 0. The molecule has 0 aliphatic heterocycles. The summed E-state index contributed by atoms with van der Waals surface area (Å²) in [4.78, 5) is 10.5. The standard InChI is InChI=1S/C7H5N3O2.CH4O/c11-7(12)10-6-4-2-1-3-5(6)8-9-10;1-2/h1-4H,(H,11,12);2H,1H3. The maximum Gasteiger partial charge on any atom is 0.434 e. The molecule has 0 amide bonds. The second kappa shape index (κ2) is 4.33. The highest BCUT2D eigenvalue weighted by molar-refractivity contribution is 5.83. The Balaban J connectivity index is 0.000000461. The zero-order chi connectivity index (χ0) is 10.6. The highest BCUT2D eigenvalue weighted by atomic mass is 16.4. The third-order valence-electron chi connectivity index (χ3n) is 1.53. The van der Waals surface area contributed by atoms with Crippen LogP contribution in [0.4, 0.5) is 4.79 Å². The Morgan fingerprint density at radius 1 is 1.36 bits per heavy atom. The molecular formula is C8H9N3O3. The van der Waals surface area contributed by atoms with E-state index < -0.39 is 6.09 Å². The van der Waals surface area contributed by atoms with Gasteiger partial charge in [-0.15, -0.1) is 9.78 Å². The van der Waals surface area contributed by atoms with Gasteiger partial charge >= 0.3 is 6.09 Å². The fourth-order valence-electron chi connectivity index (χ4n) is 1.01. The van der Waals surface area contributed by atoms with Crippen molar-refractivity contribution in [3.05, 3.63) is 24.3 Å². The Morgan fingerprint density at radius 3 is 2.64 bits per heavy atom. The van der Waals surface area contributed by atoms with Gasteiger partial charge in [0.05, 0.1) is 0 Å². The van der Waals surface area contributed by atoms with E-state index in [-0.39, 0.29) is 0 Å². The van der Waals surface area contributed by atoms with Crippen LogP contribution >= 0.6 is 0 Å². The Hall–Kier alpha value is -1.95. The van der Waals surface area contributed by atoms with E-state index in [0.29, 0.717) is 11.0 Å². The number of hydrogen-bond acceptors (Lipinski definition) is 4. The molecule has 0 saturated heterocycles. The quantitative estimate of drug-likeness (QED) is 0.641. The third-order valence-corrected chi connectivity index (χ3v) is 1.53. The summed E-state index contributed by atoms with van der Waals surface area (Å²) in [5, 5.41) is 22.8. The predicted octanol–water partition coefficient (Wildman–Crippen LogP) is 0.566. The van der Waals surface area contributed by atoms with E-state index in [4.69, 9.17) is 10.2 Å². The highest BCUT2D eigenvalue weighted by Crippen LogP contribution is 2.08. The van der Waals surface area contributed by atoms with Crippen LogP contribution in [0.3, 0.4) is 0 Å². The number of hydrogen-bond donors (Lipinski definition) is 2. The molecule has 1 aromatic heterocycles. The fraction of sp³-hybridized carbons (Fsp3) is 0.125. The van der Waals surface area contributed by atoms with Crippen LogP contribution in [0, 0.1) is 0 Å². The number of aliphatic hydroxyl groups excluding tert-OH is 1. The molecule has 6 nitrogen and oxygen atoms in total. The predicted molar refractivity (Wildman–Crippen MR) is 49.1 cm³/mol. The zero-order valence-electron chi connectivity index (χ0n) is 7.45. The van der Waals surface area contributed by atoms with Crippen LogP contribution in [0.15, 0.2) is 24.3 Å². The van der Waals surface area contributed by atoms with Gasteiger partial charge in [-0.2, -0.15) is 0 Å². The highest BCUT2D eigenvalue weighted by Gasteiger charge is 2.07. The summed E-state index contributed by atoms with van der Waals surface area (Å²) in [5.41, 5.74) is 1.09. The van der Waals surface area contributed by atoms with Crippen LogP contribution in [0.5, 0.6) is 0 Å². The molecule has 0 unspecified atom stereocenters. The minimum Gasteiger partial charge on any atom is -0.463 e. The molecular weight excluding hydrogens is 186 g/mol. The van der Waals surface area contributed by atoms with E-state index in [1.165, 1.54) is 0 Å². The lowest BCUT2D eigenvalue weighted by Gasteiger charge is -1.90. The maximum absolute atomic E-state index is 10.5. The van der Waals surface area contributed by atoms with Crippen molar-refractivity contribution in [2.45, 2.75) is 0 Å². The first-order valence-electron chi connectivity index (χ1n) is 3.77. The summed E-state index contributed by atoms with van der Waals surface area (Å²) in [5.74, 6) is 0. The molecule has 74 valence electrons. The molecule has 0 fully saturated rings. The molecule has 0 atom stereocenters. The number of para-hydroxylation sites is 1. The van der Waals surface area contributed by atoms with Gasteiger partial charge in [-0.25, -0.2) is 4.79 Å². The number of nitrogens with zero attached hydrogens (tertiary/aromatic N) is 3. The van der Waals surface area contributed by atoms with Gasteiger partial charge in [0.25, 0.3) is 0 Å². The molecule has 6 heteroatoms. The van der Waals surface area contributed by atoms with Crippen LogP contribution in [0.1, 0.15) is 0 Å². The summed E-state index contributed by atoms with van der Waals surface area (Å²) >= 11 is 0. The van der Waals surface area contributed by atoms with Gasteiger partial charge < -0.3 is 10.2 Å². The Labute approximate surface area is 79.4 Å². The van der Waals surface area contributed by atoms with Crippen LogP contribution < -0.4 is 0 Å². The lowest BCUT2D eigenvalue weighted by atomic mass is 10.3. The summed E-state index contributed by atoms with van der Waals surface area (Å²) in [6.07, 6.45) is -1.12. The number of fused-ring (bicyclic) bond motifs is 1. The first-order chi connectivity index (χ1) is 6.79. The van der Waals surface area contributed by atoms with Gasteiger partial charge in [0, 0.05) is 7.11 Å². The van der Waals surface area contributed by atoms with Crippen LogP contribution in [0.2, 0.25) is 0 Å². The molecule has 2 aromatic rings.